The number of carbonyl (C=O) groups is 6. The number of alkyl halides is 1. The normalized spacial score (nSPS) is 17.1. The van der Waals surface area contributed by atoms with Crippen molar-refractivity contribution in [3.63, 3.8) is 0 Å². The molecule has 0 aliphatic carbocycles. The summed E-state index contributed by atoms with van der Waals surface area (Å²) in [7, 11) is 0. The largest absolute Gasteiger partial charge is 0.459 e. The van der Waals surface area contributed by atoms with E-state index in [2.05, 4.69) is 51.5 Å². The molecule has 2 fully saturated rings. The first-order chi connectivity index (χ1) is 27.9. The highest BCUT2D eigenvalue weighted by atomic mass is 79.9. The molecule has 0 atom stereocenters. The summed E-state index contributed by atoms with van der Waals surface area (Å²) >= 11 is 3.05. The maximum atomic E-state index is 12.3. The van der Waals surface area contributed by atoms with Gasteiger partial charge in [0.05, 0.1) is 38.3 Å². The summed E-state index contributed by atoms with van der Waals surface area (Å²) in [6.45, 7) is 36.0. The SMILES string of the molecule is C.CC(=O)CN1CCN(CNC(=O)OC(C)(C)C)CCN(CC(=O)OC(C)(C)C)CC1.CC(=O)CN1CCNCCN(CC(=O)OC(C)(C)C)CC1.CC(C)(C)OC(=O)NCBr. The molecule has 0 aromatic heterocycles. The lowest BCUT2D eigenvalue weighted by atomic mass is 10.2. The van der Waals surface area contributed by atoms with Crippen LogP contribution in [0.15, 0.2) is 0 Å². The lowest BCUT2D eigenvalue weighted by Crippen LogP contribution is -2.45. The van der Waals surface area contributed by atoms with Gasteiger partial charge in [-0.15, -0.1) is 0 Å². The van der Waals surface area contributed by atoms with E-state index in [1.54, 1.807) is 13.8 Å². The van der Waals surface area contributed by atoms with Crippen molar-refractivity contribution in [1.82, 2.24) is 40.4 Å². The number of nitrogens with one attached hydrogen (secondary N) is 3. The molecule has 2 amide bonds. The molecule has 2 aliphatic rings. The van der Waals surface area contributed by atoms with Crippen LogP contribution in [0.3, 0.4) is 0 Å². The summed E-state index contributed by atoms with van der Waals surface area (Å²) in [4.78, 5) is 80.2. The van der Waals surface area contributed by atoms with Crippen LogP contribution in [0.1, 0.15) is 104 Å². The molecule has 62 heavy (non-hydrogen) atoms. The third-order valence-corrected chi connectivity index (χ3v) is 8.31. The van der Waals surface area contributed by atoms with Crippen molar-refractivity contribution in [2.45, 2.75) is 127 Å². The van der Waals surface area contributed by atoms with Gasteiger partial charge in [0.2, 0.25) is 0 Å². The highest BCUT2D eigenvalue weighted by Gasteiger charge is 2.24. The lowest BCUT2D eigenvalue weighted by Gasteiger charge is -2.27. The molecule has 0 aromatic carbocycles. The van der Waals surface area contributed by atoms with Gasteiger partial charge in [-0.1, -0.05) is 23.4 Å². The number of hydrogen-bond donors (Lipinski definition) is 3. The molecule has 2 heterocycles. The molecule has 18 nitrogen and oxygen atoms in total. The molecule has 2 aliphatic heterocycles. The maximum Gasteiger partial charge on any atom is 0.408 e. The number of carbonyl (C=O) groups excluding carboxylic acids is 6. The Hall–Kier alpha value is -2.94. The molecule has 0 saturated carbocycles. The second kappa shape index (κ2) is 30.2. The average Bonchev–Trinajstić information content (AvgIpc) is 3.21. The Labute approximate surface area is 382 Å². The van der Waals surface area contributed by atoms with Crippen LogP contribution >= 0.6 is 15.9 Å². The van der Waals surface area contributed by atoms with Crippen molar-refractivity contribution < 1.29 is 47.7 Å². The number of hydrogen-bond acceptors (Lipinski definition) is 16. The molecule has 19 heteroatoms. The first kappa shape index (κ1) is 61.1. The molecule has 2 rings (SSSR count). The van der Waals surface area contributed by atoms with E-state index in [0.717, 1.165) is 39.3 Å². The van der Waals surface area contributed by atoms with Crippen molar-refractivity contribution in [2.24, 2.45) is 0 Å². The zero-order valence-corrected chi connectivity index (χ0v) is 41.5. The molecule has 364 valence electrons. The second-order valence-electron chi connectivity index (χ2n) is 19.2. The topological polar surface area (TPSA) is 192 Å². The van der Waals surface area contributed by atoms with Crippen molar-refractivity contribution in [3.05, 3.63) is 0 Å². The fourth-order valence-electron chi connectivity index (χ4n) is 5.68. The number of rotatable bonds is 11. The second-order valence-corrected chi connectivity index (χ2v) is 19.8. The van der Waals surface area contributed by atoms with E-state index in [9.17, 15) is 28.8 Å². The Bertz CT molecular complexity index is 1350. The van der Waals surface area contributed by atoms with Gasteiger partial charge < -0.3 is 34.9 Å². The summed E-state index contributed by atoms with van der Waals surface area (Å²) in [5, 5.41) is 8.58. The zero-order chi connectivity index (χ0) is 47.0. The van der Waals surface area contributed by atoms with E-state index in [1.165, 1.54) is 0 Å². The molecule has 0 bridgehead atoms. The van der Waals surface area contributed by atoms with Crippen molar-refractivity contribution >= 4 is 51.6 Å². The minimum atomic E-state index is -0.555. The molecule has 0 radical (unpaired) electrons. The zero-order valence-electron chi connectivity index (χ0n) is 39.9. The van der Waals surface area contributed by atoms with Gasteiger partial charge in [0.25, 0.3) is 0 Å². The molecule has 0 aromatic rings. The molecular weight excluding hydrogens is 868 g/mol. The van der Waals surface area contributed by atoms with Gasteiger partial charge >= 0.3 is 24.1 Å². The van der Waals surface area contributed by atoms with Crippen molar-refractivity contribution in [1.29, 1.82) is 0 Å². The lowest BCUT2D eigenvalue weighted by molar-refractivity contribution is -0.157. The summed E-state index contributed by atoms with van der Waals surface area (Å²) in [6.07, 6.45) is -0.863. The fourth-order valence-corrected chi connectivity index (χ4v) is 5.91. The van der Waals surface area contributed by atoms with E-state index in [1.807, 2.05) is 88.0 Å². The van der Waals surface area contributed by atoms with Gasteiger partial charge in [-0.2, -0.15) is 0 Å². The number of halogens is 1. The summed E-state index contributed by atoms with van der Waals surface area (Å²) in [5.41, 5.74) is -1.52. The number of ketones is 2. The number of Topliss-reactive ketones (excluding diaryl/α,β-unsaturated/α-hetero) is 2. The quantitative estimate of drug-likeness (QED) is 0.117. The summed E-state index contributed by atoms with van der Waals surface area (Å²) < 4.78 is 21.0. The molecule has 0 unspecified atom stereocenters. The minimum absolute atomic E-state index is 0. The van der Waals surface area contributed by atoms with Gasteiger partial charge in [0.15, 0.2) is 0 Å². The molecule has 0 spiro atoms. The van der Waals surface area contributed by atoms with Gasteiger partial charge in [0.1, 0.15) is 34.0 Å². The van der Waals surface area contributed by atoms with Crippen LogP contribution in [0.25, 0.3) is 0 Å². The first-order valence-electron chi connectivity index (χ1n) is 21.2. The van der Waals surface area contributed by atoms with E-state index in [4.69, 9.17) is 18.9 Å². The fraction of sp³-hybridized carbons (Fsp3) is 0.860. The molecule has 3 N–H and O–H groups in total. The number of alkyl carbamates (subject to hydrolysis) is 2. The number of ether oxygens (including phenoxy) is 4. The third kappa shape index (κ3) is 37.6. The average molecular weight is 954 g/mol. The van der Waals surface area contributed by atoms with Gasteiger partial charge in [-0.3, -0.25) is 43.7 Å². The third-order valence-electron chi connectivity index (χ3n) is 8.03. The van der Waals surface area contributed by atoms with Crippen LogP contribution in [0.5, 0.6) is 0 Å². The number of esters is 2. The monoisotopic (exact) mass is 953 g/mol. The number of nitrogens with zero attached hydrogens (tertiary/aromatic N) is 5. The van der Waals surface area contributed by atoms with Crippen LogP contribution < -0.4 is 16.0 Å². The molecule has 2 saturated heterocycles. The Morgan fingerprint density at radius 2 is 0.758 bits per heavy atom. The van der Waals surface area contributed by atoms with Crippen LogP contribution in [-0.4, -0.2) is 199 Å². The van der Waals surface area contributed by atoms with E-state index in [0.29, 0.717) is 71.0 Å². The highest BCUT2D eigenvalue weighted by Crippen LogP contribution is 2.11. The van der Waals surface area contributed by atoms with Gasteiger partial charge in [-0.05, 0) is 96.9 Å². The Balaban J connectivity index is 0. The first-order valence-corrected chi connectivity index (χ1v) is 22.3. The number of amides is 2. The predicted molar refractivity (Wildman–Crippen MR) is 247 cm³/mol. The highest BCUT2D eigenvalue weighted by molar-refractivity contribution is 9.09. The molecular formula is C43H85BrN8O10. The van der Waals surface area contributed by atoms with Crippen molar-refractivity contribution in [2.75, 3.05) is 117 Å². The van der Waals surface area contributed by atoms with Crippen LogP contribution in [0.2, 0.25) is 0 Å². The minimum Gasteiger partial charge on any atom is -0.459 e. The van der Waals surface area contributed by atoms with Crippen LogP contribution in [-0.2, 0) is 38.1 Å². The summed E-state index contributed by atoms with van der Waals surface area (Å²) in [5.74, 6) is -0.183. The van der Waals surface area contributed by atoms with Gasteiger partial charge in [0, 0.05) is 78.5 Å². The van der Waals surface area contributed by atoms with Crippen LogP contribution in [0.4, 0.5) is 9.59 Å². The van der Waals surface area contributed by atoms with Crippen molar-refractivity contribution in [3.8, 4) is 0 Å². The van der Waals surface area contributed by atoms with Gasteiger partial charge in [-0.25, -0.2) is 9.59 Å². The Morgan fingerprint density at radius 1 is 0.468 bits per heavy atom. The van der Waals surface area contributed by atoms with E-state index >= 15 is 0 Å². The predicted octanol–water partition coefficient (Wildman–Crippen LogP) is 3.94. The maximum absolute atomic E-state index is 12.3. The van der Waals surface area contributed by atoms with E-state index in [-0.39, 0.29) is 37.5 Å². The Kier molecular flexibility index (Phi) is 29.8. The summed E-state index contributed by atoms with van der Waals surface area (Å²) in [6, 6.07) is 0. The smallest absolute Gasteiger partial charge is 0.408 e. The standard InChI is InChI=1S/C21H40N4O5.C15H29N3O3.C6H12BrNO2.CH4/c1-17(26)14-23-8-9-24(15-18(27)29-20(2,3)4)11-13-25(12-10-23)16-22-19(28)30-21(5,6)7;1-13(19)11-17-7-5-16-6-8-18(10-9-17)12-14(20)21-15(2,3)4;1-6(2,3)10-5(9)8-4-7;/h8-16H2,1-7H3,(H,22,28);16H,5-12H2,1-4H3;4H2,1-3H3,(H,8,9);1H4. The van der Waals surface area contributed by atoms with E-state index < -0.39 is 34.6 Å². The Morgan fingerprint density at radius 3 is 1.08 bits per heavy atom. The van der Waals surface area contributed by atoms with Crippen LogP contribution in [0, 0.1) is 0 Å².